The Bertz CT molecular complexity index is 141. The van der Waals surface area contributed by atoms with Crippen LogP contribution in [0.3, 0.4) is 0 Å². The molecule has 0 aromatic rings. The molecule has 0 aromatic carbocycles. The largest absolute Gasteiger partial charge is 0.322 e. The monoisotopic (exact) mass is 214 g/mol. The Morgan fingerprint density at radius 1 is 1.45 bits per heavy atom. The van der Waals surface area contributed by atoms with Crippen molar-refractivity contribution in [3.8, 4) is 0 Å². The molecule has 0 aromatic heterocycles. The molecule has 1 atom stereocenters. The maximum absolute atomic E-state index is 11.4. The van der Waals surface area contributed by atoms with Gasteiger partial charge in [0.15, 0.2) is 0 Å². The fourth-order valence-electron chi connectivity index (χ4n) is 0.488. The summed E-state index contributed by atoms with van der Waals surface area (Å²) >= 11 is 3.20. The molecule has 0 N–H and O–H groups in total. The predicted molar refractivity (Wildman–Crippen MR) is 55.7 cm³/mol. The van der Waals surface area contributed by atoms with Crippen molar-refractivity contribution in [3.05, 3.63) is 0 Å². The highest BCUT2D eigenvalue weighted by Crippen LogP contribution is 2.56. The zero-order valence-electron chi connectivity index (χ0n) is 7.20. The van der Waals surface area contributed by atoms with Crippen LogP contribution in [0, 0.1) is 0 Å². The zero-order valence-corrected chi connectivity index (χ0v) is 9.73. The van der Waals surface area contributed by atoms with Gasteiger partial charge in [0.1, 0.15) is 0 Å². The Morgan fingerprint density at radius 3 is 2.55 bits per heavy atom. The van der Waals surface area contributed by atoms with Gasteiger partial charge in [-0.1, -0.05) is 18.3 Å². The van der Waals surface area contributed by atoms with Gasteiger partial charge in [0, 0.05) is 11.7 Å². The van der Waals surface area contributed by atoms with Crippen molar-refractivity contribution in [1.82, 2.24) is 0 Å². The standard InChI is InChI=1S/C6H15O2PS2/c1-4-8-9(3,7)11-6-10-5-2/h4-6H2,1-3H3. The average molecular weight is 214 g/mol. The summed E-state index contributed by atoms with van der Waals surface area (Å²) in [4.78, 5) is 0. The minimum Gasteiger partial charge on any atom is -0.322 e. The molecular weight excluding hydrogens is 199 g/mol. The van der Waals surface area contributed by atoms with E-state index in [0.29, 0.717) is 6.61 Å². The third-order valence-electron chi connectivity index (χ3n) is 0.938. The van der Waals surface area contributed by atoms with Crippen LogP contribution in [0.25, 0.3) is 0 Å². The number of rotatable bonds is 6. The number of hydrogen-bond acceptors (Lipinski definition) is 4. The predicted octanol–water partition coefficient (Wildman–Crippen LogP) is 3.29. The lowest BCUT2D eigenvalue weighted by molar-refractivity contribution is 0.350. The van der Waals surface area contributed by atoms with E-state index in [2.05, 4.69) is 6.92 Å². The van der Waals surface area contributed by atoms with Gasteiger partial charge in [0.05, 0.1) is 6.61 Å². The van der Waals surface area contributed by atoms with Gasteiger partial charge >= 0.3 is 0 Å². The van der Waals surface area contributed by atoms with Crippen molar-refractivity contribution in [2.24, 2.45) is 0 Å². The van der Waals surface area contributed by atoms with Crippen LogP contribution in [0.5, 0.6) is 0 Å². The van der Waals surface area contributed by atoms with E-state index in [9.17, 15) is 4.57 Å². The number of hydrogen-bond donors (Lipinski definition) is 0. The molecule has 1 unspecified atom stereocenters. The average Bonchev–Trinajstić information content (AvgIpc) is 1.87. The molecule has 11 heavy (non-hydrogen) atoms. The van der Waals surface area contributed by atoms with Crippen LogP contribution in [0.4, 0.5) is 0 Å². The van der Waals surface area contributed by atoms with Crippen LogP contribution in [0.2, 0.25) is 0 Å². The molecule has 0 saturated carbocycles. The quantitative estimate of drug-likeness (QED) is 0.385. The fourth-order valence-corrected chi connectivity index (χ4v) is 5.70. The number of thioether (sulfide) groups is 1. The lowest BCUT2D eigenvalue weighted by Crippen LogP contribution is -1.84. The molecule has 5 heteroatoms. The second-order valence-electron chi connectivity index (χ2n) is 1.93. The van der Waals surface area contributed by atoms with Gasteiger partial charge in [-0.05, 0) is 12.7 Å². The first-order valence-corrected chi connectivity index (χ1v) is 8.38. The molecule has 0 aliphatic rings. The minimum absolute atomic E-state index is 0.539. The third-order valence-corrected chi connectivity index (χ3v) is 6.30. The summed E-state index contributed by atoms with van der Waals surface area (Å²) < 4.78 is 16.5. The maximum atomic E-state index is 11.4. The Morgan fingerprint density at radius 2 is 2.09 bits per heavy atom. The topological polar surface area (TPSA) is 26.3 Å². The van der Waals surface area contributed by atoms with Gasteiger partial charge < -0.3 is 4.52 Å². The van der Waals surface area contributed by atoms with Gasteiger partial charge in [0.25, 0.3) is 6.57 Å². The first-order chi connectivity index (χ1) is 5.12. The van der Waals surface area contributed by atoms with E-state index in [-0.39, 0.29) is 0 Å². The lowest BCUT2D eigenvalue weighted by Gasteiger charge is -2.10. The third kappa shape index (κ3) is 7.26. The highest BCUT2D eigenvalue weighted by Gasteiger charge is 2.14. The first kappa shape index (κ1) is 11.9. The summed E-state index contributed by atoms with van der Waals surface area (Å²) in [5.41, 5.74) is 0. The minimum atomic E-state index is -2.33. The SMILES string of the molecule is CCOP(C)(=O)SCSCC. The smallest absolute Gasteiger partial charge is 0.255 e. The Labute approximate surface area is 77.0 Å². The van der Waals surface area contributed by atoms with E-state index >= 15 is 0 Å². The molecule has 0 aliphatic carbocycles. The van der Waals surface area contributed by atoms with Gasteiger partial charge in [-0.25, -0.2) is 0 Å². The molecule has 0 bridgehead atoms. The van der Waals surface area contributed by atoms with Crippen molar-refractivity contribution in [2.45, 2.75) is 13.8 Å². The zero-order chi connectivity index (χ0) is 8.74. The second kappa shape index (κ2) is 6.41. The van der Waals surface area contributed by atoms with E-state index in [4.69, 9.17) is 4.52 Å². The highest BCUT2D eigenvalue weighted by molar-refractivity contribution is 8.58. The Hall–Kier alpha value is 0.890. The van der Waals surface area contributed by atoms with E-state index in [1.165, 1.54) is 11.4 Å². The highest BCUT2D eigenvalue weighted by atomic mass is 32.7. The van der Waals surface area contributed by atoms with Gasteiger partial charge in [-0.3, -0.25) is 4.57 Å². The van der Waals surface area contributed by atoms with Crippen LogP contribution < -0.4 is 0 Å². The Kier molecular flexibility index (Phi) is 6.93. The molecule has 0 spiro atoms. The van der Waals surface area contributed by atoms with Crippen molar-refractivity contribution >= 4 is 29.7 Å². The van der Waals surface area contributed by atoms with Gasteiger partial charge in [-0.15, -0.1) is 0 Å². The molecule has 0 amide bonds. The van der Waals surface area contributed by atoms with Crippen molar-refractivity contribution in [2.75, 3.05) is 24.1 Å². The van der Waals surface area contributed by atoms with Crippen LogP contribution in [-0.2, 0) is 9.09 Å². The van der Waals surface area contributed by atoms with Crippen molar-refractivity contribution in [1.29, 1.82) is 0 Å². The summed E-state index contributed by atoms with van der Waals surface area (Å²) in [7, 11) is 0. The summed E-state index contributed by atoms with van der Waals surface area (Å²) in [6.07, 6.45) is 0. The van der Waals surface area contributed by atoms with Crippen molar-refractivity contribution < 1.29 is 9.09 Å². The van der Waals surface area contributed by atoms with Crippen LogP contribution in [0.15, 0.2) is 0 Å². The van der Waals surface area contributed by atoms with Crippen LogP contribution in [0.1, 0.15) is 13.8 Å². The molecule has 0 radical (unpaired) electrons. The summed E-state index contributed by atoms with van der Waals surface area (Å²) in [5.74, 6) is 1.07. The van der Waals surface area contributed by atoms with E-state index < -0.39 is 6.57 Å². The van der Waals surface area contributed by atoms with E-state index in [1.807, 2.05) is 6.92 Å². The maximum Gasteiger partial charge on any atom is 0.255 e. The molecule has 0 rings (SSSR count). The normalized spacial score (nSPS) is 16.3. The van der Waals surface area contributed by atoms with Crippen LogP contribution in [-0.4, -0.2) is 24.1 Å². The molecule has 0 aliphatic heterocycles. The first-order valence-electron chi connectivity index (χ1n) is 3.56. The molecule has 0 saturated heterocycles. The van der Waals surface area contributed by atoms with E-state index in [1.54, 1.807) is 18.4 Å². The lowest BCUT2D eigenvalue weighted by atomic mass is 10.9. The summed E-state index contributed by atoms with van der Waals surface area (Å²) in [6.45, 7) is 3.85. The molecule has 68 valence electrons. The molecular formula is C6H15O2PS2. The van der Waals surface area contributed by atoms with Gasteiger partial charge in [-0.2, -0.15) is 11.8 Å². The summed E-state index contributed by atoms with van der Waals surface area (Å²) in [5, 5.41) is 0.865. The second-order valence-corrected chi connectivity index (χ2v) is 8.68. The molecule has 0 heterocycles. The summed E-state index contributed by atoms with van der Waals surface area (Å²) in [6, 6.07) is 0. The molecule has 2 nitrogen and oxygen atoms in total. The van der Waals surface area contributed by atoms with E-state index in [0.717, 1.165) is 10.8 Å². The Balaban J connectivity index is 3.47. The van der Waals surface area contributed by atoms with Crippen LogP contribution >= 0.6 is 29.7 Å². The van der Waals surface area contributed by atoms with Crippen molar-refractivity contribution in [3.63, 3.8) is 0 Å². The van der Waals surface area contributed by atoms with Gasteiger partial charge in [0.2, 0.25) is 0 Å². The molecule has 0 fully saturated rings. The fraction of sp³-hybridized carbons (Fsp3) is 1.00.